The van der Waals surface area contributed by atoms with Crippen LogP contribution in [0.15, 0.2) is 23.2 Å². The highest BCUT2D eigenvalue weighted by molar-refractivity contribution is 14.0. The number of aryl methyl sites for hydroxylation is 1. The number of halogens is 1. The Bertz CT molecular complexity index is 441. The first-order chi connectivity index (χ1) is 8.93. The summed E-state index contributed by atoms with van der Waals surface area (Å²) in [6.45, 7) is 7.13. The van der Waals surface area contributed by atoms with Crippen LogP contribution in [0.5, 0.6) is 0 Å². The van der Waals surface area contributed by atoms with E-state index in [1.165, 1.54) is 16.8 Å². The zero-order chi connectivity index (χ0) is 14.4. The van der Waals surface area contributed by atoms with E-state index in [1.807, 2.05) is 0 Å². The summed E-state index contributed by atoms with van der Waals surface area (Å²) < 4.78 is 0. The van der Waals surface area contributed by atoms with E-state index < -0.39 is 0 Å². The third-order valence-electron chi connectivity index (χ3n) is 2.94. The summed E-state index contributed by atoms with van der Waals surface area (Å²) >= 11 is 0. The van der Waals surface area contributed by atoms with Gasteiger partial charge in [-0.2, -0.15) is 0 Å². The van der Waals surface area contributed by atoms with Gasteiger partial charge in [0.15, 0.2) is 5.96 Å². The lowest BCUT2D eigenvalue weighted by Gasteiger charge is -2.17. The number of nitrogens with one attached hydrogen (secondary N) is 2. The van der Waals surface area contributed by atoms with Crippen LogP contribution in [0.4, 0.5) is 5.69 Å². The van der Waals surface area contributed by atoms with Gasteiger partial charge >= 0.3 is 0 Å². The van der Waals surface area contributed by atoms with Crippen LogP contribution in [0.25, 0.3) is 0 Å². The summed E-state index contributed by atoms with van der Waals surface area (Å²) in [5, 5.41) is 6.61. The standard InChI is InChI=1S/C15H26N4.HI/c1-11(2)18-15(16-4)17-10-13-7-8-14(19(5)6)9-12(13)3;/h7-9,11H,10H2,1-6H3,(H2,16,17,18);1H. The SMILES string of the molecule is CN=C(NCc1ccc(N(C)C)cc1C)NC(C)C.I. The van der Waals surface area contributed by atoms with Crippen molar-refractivity contribution in [1.82, 2.24) is 10.6 Å². The molecule has 0 aromatic heterocycles. The van der Waals surface area contributed by atoms with Gasteiger partial charge < -0.3 is 15.5 Å². The summed E-state index contributed by atoms with van der Waals surface area (Å²) in [7, 11) is 5.90. The van der Waals surface area contributed by atoms with E-state index in [0.717, 1.165) is 12.5 Å². The van der Waals surface area contributed by atoms with Crippen LogP contribution in [-0.2, 0) is 6.54 Å². The molecule has 0 saturated heterocycles. The van der Waals surface area contributed by atoms with Crippen LogP contribution in [-0.4, -0.2) is 33.1 Å². The maximum Gasteiger partial charge on any atom is 0.191 e. The summed E-state index contributed by atoms with van der Waals surface area (Å²) in [6.07, 6.45) is 0. The minimum absolute atomic E-state index is 0. The van der Waals surface area contributed by atoms with Crippen molar-refractivity contribution in [2.24, 2.45) is 4.99 Å². The highest BCUT2D eigenvalue weighted by atomic mass is 127. The second kappa shape index (κ2) is 9.05. The van der Waals surface area contributed by atoms with Crippen molar-refractivity contribution in [2.75, 3.05) is 26.0 Å². The Morgan fingerprint density at radius 2 is 1.95 bits per heavy atom. The summed E-state index contributed by atoms with van der Waals surface area (Å²) in [6, 6.07) is 6.89. The van der Waals surface area contributed by atoms with Crippen LogP contribution in [0.3, 0.4) is 0 Å². The topological polar surface area (TPSA) is 39.7 Å². The molecule has 0 aliphatic heterocycles. The molecule has 4 nitrogen and oxygen atoms in total. The average Bonchev–Trinajstić information content (AvgIpc) is 2.34. The van der Waals surface area contributed by atoms with Crippen LogP contribution >= 0.6 is 24.0 Å². The summed E-state index contributed by atoms with van der Waals surface area (Å²) in [5.41, 5.74) is 3.81. The molecule has 1 rings (SSSR count). The van der Waals surface area contributed by atoms with Crippen molar-refractivity contribution < 1.29 is 0 Å². The first-order valence-corrected chi connectivity index (χ1v) is 6.68. The molecular formula is C15H27IN4. The molecule has 114 valence electrons. The van der Waals surface area contributed by atoms with Crippen molar-refractivity contribution in [1.29, 1.82) is 0 Å². The monoisotopic (exact) mass is 390 g/mol. The molecule has 0 atom stereocenters. The van der Waals surface area contributed by atoms with E-state index in [4.69, 9.17) is 0 Å². The number of benzene rings is 1. The van der Waals surface area contributed by atoms with Gasteiger partial charge in [0.25, 0.3) is 0 Å². The molecular weight excluding hydrogens is 363 g/mol. The molecule has 0 unspecified atom stereocenters. The molecule has 2 N–H and O–H groups in total. The molecule has 0 heterocycles. The van der Waals surface area contributed by atoms with Gasteiger partial charge in [0.1, 0.15) is 0 Å². The molecule has 1 aromatic rings. The third-order valence-corrected chi connectivity index (χ3v) is 2.94. The molecule has 0 saturated carbocycles. The first-order valence-electron chi connectivity index (χ1n) is 6.68. The zero-order valence-electron chi connectivity index (χ0n) is 13.3. The summed E-state index contributed by atoms with van der Waals surface area (Å²) in [4.78, 5) is 6.32. The molecule has 1 aromatic carbocycles. The smallest absolute Gasteiger partial charge is 0.191 e. The molecule has 20 heavy (non-hydrogen) atoms. The molecule has 0 spiro atoms. The lowest BCUT2D eigenvalue weighted by molar-refractivity contribution is 0.699. The molecule has 0 aliphatic rings. The number of anilines is 1. The van der Waals surface area contributed by atoms with E-state index in [2.05, 4.69) is 73.6 Å². The van der Waals surface area contributed by atoms with E-state index in [-0.39, 0.29) is 24.0 Å². The van der Waals surface area contributed by atoms with Gasteiger partial charge in [0.2, 0.25) is 0 Å². The Morgan fingerprint density at radius 1 is 1.30 bits per heavy atom. The molecule has 0 fully saturated rings. The fourth-order valence-corrected chi connectivity index (χ4v) is 1.80. The second-order valence-electron chi connectivity index (χ2n) is 5.23. The van der Waals surface area contributed by atoms with Gasteiger partial charge in [0, 0.05) is 39.4 Å². The average molecular weight is 390 g/mol. The minimum Gasteiger partial charge on any atom is -0.378 e. The molecule has 5 heteroatoms. The Morgan fingerprint density at radius 3 is 2.40 bits per heavy atom. The Kier molecular flexibility index (Phi) is 8.60. The van der Waals surface area contributed by atoms with Crippen LogP contribution in [0.2, 0.25) is 0 Å². The van der Waals surface area contributed by atoms with Crippen LogP contribution in [0.1, 0.15) is 25.0 Å². The number of guanidine groups is 1. The molecule has 0 amide bonds. The fraction of sp³-hybridized carbons (Fsp3) is 0.533. The second-order valence-corrected chi connectivity index (χ2v) is 5.23. The fourth-order valence-electron chi connectivity index (χ4n) is 1.80. The van der Waals surface area contributed by atoms with Gasteiger partial charge in [-0.1, -0.05) is 6.07 Å². The number of hydrogen-bond donors (Lipinski definition) is 2. The minimum atomic E-state index is 0. The summed E-state index contributed by atoms with van der Waals surface area (Å²) in [5.74, 6) is 0.839. The number of aliphatic imine (C=N–C) groups is 1. The maximum absolute atomic E-state index is 4.20. The third kappa shape index (κ3) is 5.98. The number of nitrogens with zero attached hydrogens (tertiary/aromatic N) is 2. The van der Waals surface area contributed by atoms with Gasteiger partial charge in [0.05, 0.1) is 0 Å². The first kappa shape index (κ1) is 19.0. The van der Waals surface area contributed by atoms with Gasteiger partial charge in [-0.25, -0.2) is 0 Å². The molecule has 0 bridgehead atoms. The predicted octanol–water partition coefficient (Wildman–Crippen LogP) is 2.75. The Hall–Kier alpha value is -0.980. The van der Waals surface area contributed by atoms with Gasteiger partial charge in [-0.05, 0) is 44.0 Å². The predicted molar refractivity (Wildman–Crippen MR) is 99.4 cm³/mol. The van der Waals surface area contributed by atoms with Crippen molar-refractivity contribution in [3.63, 3.8) is 0 Å². The van der Waals surface area contributed by atoms with Crippen molar-refractivity contribution in [2.45, 2.75) is 33.4 Å². The maximum atomic E-state index is 4.20. The lowest BCUT2D eigenvalue weighted by atomic mass is 10.1. The molecule has 0 aliphatic carbocycles. The molecule has 0 radical (unpaired) electrons. The number of rotatable bonds is 4. The highest BCUT2D eigenvalue weighted by Gasteiger charge is 2.04. The van der Waals surface area contributed by atoms with Crippen molar-refractivity contribution in [3.05, 3.63) is 29.3 Å². The zero-order valence-corrected chi connectivity index (χ0v) is 15.6. The number of hydrogen-bond acceptors (Lipinski definition) is 2. The van der Waals surface area contributed by atoms with Gasteiger partial charge in [-0.15, -0.1) is 24.0 Å². The van der Waals surface area contributed by atoms with Crippen molar-refractivity contribution in [3.8, 4) is 0 Å². The van der Waals surface area contributed by atoms with Gasteiger partial charge in [-0.3, -0.25) is 4.99 Å². The Balaban J connectivity index is 0.00000361. The highest BCUT2D eigenvalue weighted by Crippen LogP contribution is 2.17. The van der Waals surface area contributed by atoms with E-state index >= 15 is 0 Å². The normalized spacial score (nSPS) is 11.1. The van der Waals surface area contributed by atoms with Crippen LogP contribution in [0, 0.1) is 6.92 Å². The van der Waals surface area contributed by atoms with E-state index in [0.29, 0.717) is 6.04 Å². The largest absolute Gasteiger partial charge is 0.378 e. The van der Waals surface area contributed by atoms with Crippen molar-refractivity contribution >= 4 is 35.6 Å². The Labute approximate surface area is 140 Å². The quantitative estimate of drug-likeness (QED) is 0.472. The van der Waals surface area contributed by atoms with E-state index in [9.17, 15) is 0 Å². The lowest BCUT2D eigenvalue weighted by Crippen LogP contribution is -2.40. The van der Waals surface area contributed by atoms with Crippen LogP contribution < -0.4 is 15.5 Å². The van der Waals surface area contributed by atoms with E-state index in [1.54, 1.807) is 7.05 Å².